The Morgan fingerprint density at radius 3 is 2.78 bits per heavy atom. The molecule has 128 valence electrons. The molecule has 0 saturated carbocycles. The number of aliphatic hydroxyl groups is 2. The van der Waals surface area contributed by atoms with Gasteiger partial charge in [-0.1, -0.05) is 19.4 Å². The molecule has 1 amide bonds. The Labute approximate surface area is 138 Å². The number of hydrogen-bond donors (Lipinski definition) is 2. The molecule has 0 aromatic heterocycles. The van der Waals surface area contributed by atoms with Gasteiger partial charge in [0.2, 0.25) is 0 Å². The van der Waals surface area contributed by atoms with Crippen molar-refractivity contribution in [3.05, 3.63) is 29.8 Å². The smallest absolute Gasteiger partial charge is 0.253 e. The minimum absolute atomic E-state index is 0.0328. The third kappa shape index (κ3) is 3.67. The van der Waals surface area contributed by atoms with Crippen LogP contribution in [-0.4, -0.2) is 60.9 Å². The summed E-state index contributed by atoms with van der Waals surface area (Å²) in [5.74, 6) is -0.0328. The summed E-state index contributed by atoms with van der Waals surface area (Å²) in [4.78, 5) is 16.6. The normalized spacial score (nSPS) is 24.6. The quantitative estimate of drug-likeness (QED) is 0.867. The topological polar surface area (TPSA) is 64.0 Å². The molecule has 0 aliphatic carbocycles. The van der Waals surface area contributed by atoms with E-state index in [4.69, 9.17) is 0 Å². The Hall–Kier alpha value is -1.59. The first-order valence-corrected chi connectivity index (χ1v) is 8.29. The minimum atomic E-state index is -0.595. The lowest BCUT2D eigenvalue weighted by Gasteiger charge is -2.45. The van der Waals surface area contributed by atoms with Crippen LogP contribution in [0.5, 0.6) is 0 Å². The van der Waals surface area contributed by atoms with Crippen LogP contribution in [0.3, 0.4) is 0 Å². The summed E-state index contributed by atoms with van der Waals surface area (Å²) in [6.45, 7) is 2.87. The second-order valence-corrected chi connectivity index (χ2v) is 6.75. The molecule has 0 radical (unpaired) electrons. The van der Waals surface area contributed by atoms with E-state index in [1.165, 1.54) is 0 Å². The Morgan fingerprint density at radius 1 is 1.43 bits per heavy atom. The number of benzene rings is 1. The maximum absolute atomic E-state index is 12.8. The van der Waals surface area contributed by atoms with Crippen molar-refractivity contribution in [3.63, 3.8) is 0 Å². The molecule has 0 spiro atoms. The van der Waals surface area contributed by atoms with Gasteiger partial charge in [-0.25, -0.2) is 0 Å². The van der Waals surface area contributed by atoms with Crippen LogP contribution in [0.2, 0.25) is 0 Å². The van der Waals surface area contributed by atoms with Gasteiger partial charge < -0.3 is 20.0 Å². The first kappa shape index (κ1) is 17.8. The van der Waals surface area contributed by atoms with E-state index in [0.717, 1.165) is 12.1 Å². The van der Waals surface area contributed by atoms with Gasteiger partial charge in [0, 0.05) is 43.9 Å². The number of carbonyl (C=O) groups is 1. The number of amides is 1. The molecule has 2 atom stereocenters. The number of rotatable bonds is 5. The lowest BCUT2D eigenvalue weighted by molar-refractivity contribution is -0.0720. The zero-order valence-electron chi connectivity index (χ0n) is 14.3. The molecule has 1 aliphatic rings. The molecule has 1 aliphatic heterocycles. The SMILES string of the molecule is CCC[C@@]1(CO)CN(C(=O)c2cccc(N(C)C)c2)CC[C@H]1O. The van der Waals surface area contributed by atoms with Crippen LogP contribution < -0.4 is 4.90 Å². The third-order valence-corrected chi connectivity index (χ3v) is 4.84. The predicted molar refractivity (Wildman–Crippen MR) is 91.7 cm³/mol. The molecule has 1 heterocycles. The highest BCUT2D eigenvalue weighted by Crippen LogP contribution is 2.35. The second-order valence-electron chi connectivity index (χ2n) is 6.75. The molecule has 0 bridgehead atoms. The molecular formula is C18H28N2O3. The second kappa shape index (κ2) is 7.32. The average Bonchev–Trinajstić information content (AvgIpc) is 2.56. The van der Waals surface area contributed by atoms with Crippen molar-refractivity contribution in [2.45, 2.75) is 32.3 Å². The first-order chi connectivity index (χ1) is 10.9. The van der Waals surface area contributed by atoms with Crippen LogP contribution in [0.25, 0.3) is 0 Å². The molecule has 0 unspecified atom stereocenters. The summed E-state index contributed by atoms with van der Waals surface area (Å²) < 4.78 is 0. The van der Waals surface area contributed by atoms with Crippen molar-refractivity contribution < 1.29 is 15.0 Å². The van der Waals surface area contributed by atoms with E-state index in [1.54, 1.807) is 4.90 Å². The Morgan fingerprint density at radius 2 is 2.17 bits per heavy atom. The first-order valence-electron chi connectivity index (χ1n) is 8.29. The molecule has 1 fully saturated rings. The van der Waals surface area contributed by atoms with E-state index in [9.17, 15) is 15.0 Å². The summed E-state index contributed by atoms with van der Waals surface area (Å²) in [6, 6.07) is 7.55. The molecule has 1 aromatic carbocycles. The highest BCUT2D eigenvalue weighted by atomic mass is 16.3. The van der Waals surface area contributed by atoms with Crippen molar-refractivity contribution in [2.75, 3.05) is 38.7 Å². The predicted octanol–water partition coefficient (Wildman–Crippen LogP) is 1.74. The van der Waals surface area contributed by atoms with Crippen LogP contribution >= 0.6 is 0 Å². The molecule has 23 heavy (non-hydrogen) atoms. The maximum Gasteiger partial charge on any atom is 0.253 e. The Bertz CT molecular complexity index is 547. The fraction of sp³-hybridized carbons (Fsp3) is 0.611. The summed E-state index contributed by atoms with van der Waals surface area (Å²) in [5, 5.41) is 20.2. The lowest BCUT2D eigenvalue weighted by Crippen LogP contribution is -2.55. The van der Waals surface area contributed by atoms with Crippen molar-refractivity contribution in [3.8, 4) is 0 Å². The molecule has 2 N–H and O–H groups in total. The maximum atomic E-state index is 12.8. The highest BCUT2D eigenvalue weighted by molar-refractivity contribution is 5.95. The monoisotopic (exact) mass is 320 g/mol. The third-order valence-electron chi connectivity index (χ3n) is 4.84. The van der Waals surface area contributed by atoms with Crippen LogP contribution in [0.4, 0.5) is 5.69 Å². The van der Waals surface area contributed by atoms with Gasteiger partial charge in [0.1, 0.15) is 0 Å². The van der Waals surface area contributed by atoms with Crippen LogP contribution in [-0.2, 0) is 0 Å². The van der Waals surface area contributed by atoms with Gasteiger partial charge in [-0.15, -0.1) is 0 Å². The van der Waals surface area contributed by atoms with Gasteiger partial charge in [0.15, 0.2) is 0 Å². The number of likely N-dealkylation sites (tertiary alicyclic amines) is 1. The Kier molecular flexibility index (Phi) is 5.65. The summed E-state index contributed by atoms with van der Waals surface area (Å²) in [7, 11) is 3.89. The van der Waals surface area contributed by atoms with Crippen molar-refractivity contribution in [2.24, 2.45) is 5.41 Å². The van der Waals surface area contributed by atoms with Crippen molar-refractivity contribution in [1.29, 1.82) is 0 Å². The number of piperidine rings is 1. The fourth-order valence-corrected chi connectivity index (χ4v) is 3.40. The van der Waals surface area contributed by atoms with E-state index in [2.05, 4.69) is 0 Å². The number of anilines is 1. The van der Waals surface area contributed by atoms with E-state index < -0.39 is 11.5 Å². The van der Waals surface area contributed by atoms with Crippen LogP contribution in [0.15, 0.2) is 24.3 Å². The molecule has 2 rings (SSSR count). The fourth-order valence-electron chi connectivity index (χ4n) is 3.40. The number of carbonyl (C=O) groups excluding carboxylic acids is 1. The number of nitrogens with zero attached hydrogens (tertiary/aromatic N) is 2. The molecular weight excluding hydrogens is 292 g/mol. The van der Waals surface area contributed by atoms with Crippen LogP contribution in [0, 0.1) is 5.41 Å². The van der Waals surface area contributed by atoms with Gasteiger partial charge >= 0.3 is 0 Å². The summed E-state index contributed by atoms with van der Waals surface area (Å²) in [5.41, 5.74) is 1.03. The largest absolute Gasteiger partial charge is 0.396 e. The van der Waals surface area contributed by atoms with Crippen molar-refractivity contribution >= 4 is 11.6 Å². The molecule has 1 aromatic rings. The van der Waals surface area contributed by atoms with Gasteiger partial charge in [-0.3, -0.25) is 4.79 Å². The highest BCUT2D eigenvalue weighted by Gasteiger charge is 2.43. The standard InChI is InChI=1S/C18H28N2O3/c1-4-9-18(13-21)12-20(10-8-16(18)22)17(23)14-6-5-7-15(11-14)19(2)3/h5-7,11,16,21-22H,4,8-10,12-13H2,1-3H3/t16-,18+/m1/s1. The van der Waals surface area contributed by atoms with Gasteiger partial charge in [-0.05, 0) is 31.0 Å². The number of aliphatic hydroxyl groups excluding tert-OH is 2. The zero-order valence-corrected chi connectivity index (χ0v) is 14.3. The summed E-state index contributed by atoms with van der Waals surface area (Å²) >= 11 is 0. The van der Waals surface area contributed by atoms with Gasteiger partial charge in [0.05, 0.1) is 12.7 Å². The van der Waals surface area contributed by atoms with E-state index in [0.29, 0.717) is 31.5 Å². The van der Waals surface area contributed by atoms with Gasteiger partial charge in [0.25, 0.3) is 5.91 Å². The molecule has 5 heteroatoms. The van der Waals surface area contributed by atoms with Gasteiger partial charge in [-0.2, -0.15) is 0 Å². The zero-order chi connectivity index (χ0) is 17.0. The van der Waals surface area contributed by atoms with E-state index in [-0.39, 0.29) is 12.5 Å². The Balaban J connectivity index is 2.21. The summed E-state index contributed by atoms with van der Waals surface area (Å²) in [6.07, 6.45) is 1.55. The lowest BCUT2D eigenvalue weighted by atomic mass is 9.74. The van der Waals surface area contributed by atoms with Crippen LogP contribution in [0.1, 0.15) is 36.5 Å². The van der Waals surface area contributed by atoms with E-state index >= 15 is 0 Å². The van der Waals surface area contributed by atoms with E-state index in [1.807, 2.05) is 50.2 Å². The molecule has 1 saturated heterocycles. The average molecular weight is 320 g/mol. The number of hydrogen-bond acceptors (Lipinski definition) is 4. The minimum Gasteiger partial charge on any atom is -0.396 e. The molecule has 5 nitrogen and oxygen atoms in total. The van der Waals surface area contributed by atoms with Crippen molar-refractivity contribution in [1.82, 2.24) is 4.90 Å².